The molecule has 0 saturated carbocycles. The van der Waals surface area contributed by atoms with E-state index in [-0.39, 0.29) is 9.89 Å². The number of benzene rings is 2. The van der Waals surface area contributed by atoms with Crippen molar-refractivity contribution in [1.82, 2.24) is 4.90 Å². The zero-order valence-electron chi connectivity index (χ0n) is 18.0. The van der Waals surface area contributed by atoms with Gasteiger partial charge in [-0.15, -0.1) is 11.8 Å². The van der Waals surface area contributed by atoms with E-state index in [9.17, 15) is 4.79 Å². The van der Waals surface area contributed by atoms with E-state index in [2.05, 4.69) is 67.0 Å². The van der Waals surface area contributed by atoms with E-state index in [1.165, 1.54) is 5.56 Å². The first-order chi connectivity index (χ1) is 14.8. The molecule has 3 saturated heterocycles. The lowest BCUT2D eigenvalue weighted by Crippen LogP contribution is -2.66. The molecule has 2 bridgehead atoms. The van der Waals surface area contributed by atoms with Crippen LogP contribution in [0.5, 0.6) is 0 Å². The van der Waals surface area contributed by atoms with Gasteiger partial charge in [0.25, 0.3) is 0 Å². The summed E-state index contributed by atoms with van der Waals surface area (Å²) in [5.74, 6) is 0. The Bertz CT molecular complexity index is 988. The Morgan fingerprint density at radius 2 is 1.52 bits per heavy atom. The summed E-state index contributed by atoms with van der Waals surface area (Å²) in [4.78, 5) is 16.4. The molecule has 31 heavy (non-hydrogen) atoms. The van der Waals surface area contributed by atoms with Gasteiger partial charge in [-0.25, -0.2) is 0 Å². The Labute approximate surface area is 200 Å². The highest BCUT2D eigenvalue weighted by Crippen LogP contribution is 2.94. The molecule has 0 amide bonds. The molecule has 164 valence electrons. The lowest BCUT2D eigenvalue weighted by molar-refractivity contribution is -0.111. The number of thioether (sulfide) groups is 2. The maximum absolute atomic E-state index is 13.9. The number of hydrogen-bond acceptors (Lipinski definition) is 5. The Hall–Kier alpha value is -0.333. The van der Waals surface area contributed by atoms with Crippen LogP contribution in [-0.2, 0) is 18.8 Å². The Kier molecular flexibility index (Phi) is 5.70. The quantitative estimate of drug-likeness (QED) is 0.360. The summed E-state index contributed by atoms with van der Waals surface area (Å²) in [7, 11) is -3.20. The second kappa shape index (κ2) is 7.87. The lowest BCUT2D eigenvalue weighted by Gasteiger charge is -2.58. The molecule has 0 aromatic heterocycles. The van der Waals surface area contributed by atoms with Gasteiger partial charge in [-0.1, -0.05) is 103 Å². The first-order valence-electron chi connectivity index (χ1n) is 10.6. The van der Waals surface area contributed by atoms with Crippen LogP contribution in [0.1, 0.15) is 11.1 Å². The summed E-state index contributed by atoms with van der Waals surface area (Å²) < 4.78 is 4.36. The van der Waals surface area contributed by atoms with Gasteiger partial charge in [0, 0.05) is 20.4 Å². The molecule has 3 fully saturated rings. The predicted octanol–water partition coefficient (Wildman–Crippen LogP) is 6.25. The van der Waals surface area contributed by atoms with E-state index < -0.39 is 24.0 Å². The Morgan fingerprint density at radius 3 is 2.06 bits per heavy atom. The summed E-state index contributed by atoms with van der Waals surface area (Å²) in [6.45, 7) is 10.4. The van der Waals surface area contributed by atoms with Crippen LogP contribution in [0.25, 0.3) is 0 Å². The Balaban J connectivity index is 1.83. The van der Waals surface area contributed by atoms with Crippen molar-refractivity contribution < 1.29 is 9.53 Å². The number of rotatable bonds is 4. The summed E-state index contributed by atoms with van der Waals surface area (Å²) >= 11 is 11.1. The zero-order valence-corrected chi connectivity index (χ0v) is 22.3. The molecular formula is C23H27ClNO2PS2Si. The molecule has 4 atom stereocenters. The van der Waals surface area contributed by atoms with Crippen LogP contribution < -0.4 is 0 Å². The van der Waals surface area contributed by atoms with Gasteiger partial charge < -0.3 is 4.74 Å². The van der Waals surface area contributed by atoms with Crippen LogP contribution >= 0.6 is 42.0 Å². The van der Waals surface area contributed by atoms with Crippen molar-refractivity contribution in [2.75, 3.05) is 26.3 Å². The SMILES string of the molecule is C[Si](C)(C)C1(c2ccccc2)P(Cl)[C@@]2(c3ccccc3)S[C@]1(N1CCOCC1)SC2=O. The number of carbonyl (C=O) groups excluding carboxylic acids is 1. The third kappa shape index (κ3) is 2.89. The van der Waals surface area contributed by atoms with E-state index in [1.807, 2.05) is 30.0 Å². The number of hydrogen-bond donors (Lipinski definition) is 0. The molecule has 3 nitrogen and oxygen atoms in total. The van der Waals surface area contributed by atoms with Gasteiger partial charge in [-0.3, -0.25) is 9.69 Å². The van der Waals surface area contributed by atoms with Gasteiger partial charge in [0.2, 0.25) is 5.12 Å². The fourth-order valence-electron chi connectivity index (χ4n) is 5.43. The van der Waals surface area contributed by atoms with Gasteiger partial charge >= 0.3 is 0 Å². The number of halogens is 1. The van der Waals surface area contributed by atoms with E-state index in [4.69, 9.17) is 16.0 Å². The van der Waals surface area contributed by atoms with Crippen molar-refractivity contribution in [2.24, 2.45) is 0 Å². The molecule has 0 radical (unpaired) electrons. The monoisotopic (exact) mass is 507 g/mol. The van der Waals surface area contributed by atoms with Crippen LogP contribution in [0, 0.1) is 0 Å². The predicted molar refractivity (Wildman–Crippen MR) is 138 cm³/mol. The van der Waals surface area contributed by atoms with Crippen molar-refractivity contribution in [1.29, 1.82) is 0 Å². The molecule has 2 aromatic rings. The van der Waals surface area contributed by atoms with Gasteiger partial charge in [0.15, 0.2) is 0 Å². The van der Waals surface area contributed by atoms with E-state index in [0.29, 0.717) is 13.2 Å². The number of fused-ring (bicyclic) bond motifs is 2. The maximum atomic E-state index is 13.9. The largest absolute Gasteiger partial charge is 0.379 e. The molecular weight excluding hydrogens is 481 g/mol. The Morgan fingerprint density at radius 1 is 0.968 bits per heavy atom. The number of nitrogens with zero attached hydrogens (tertiary/aromatic N) is 1. The first-order valence-corrected chi connectivity index (χ1v) is 18.0. The van der Waals surface area contributed by atoms with Crippen molar-refractivity contribution in [3.8, 4) is 0 Å². The van der Waals surface area contributed by atoms with Crippen LogP contribution in [0.15, 0.2) is 60.7 Å². The van der Waals surface area contributed by atoms with Crippen LogP contribution in [0.3, 0.4) is 0 Å². The zero-order chi connectivity index (χ0) is 21.9. The highest BCUT2D eigenvalue weighted by molar-refractivity contribution is 8.37. The number of ether oxygens (including phenoxy) is 1. The van der Waals surface area contributed by atoms with Gasteiger partial charge in [-0.05, 0) is 11.1 Å². The molecule has 3 aliphatic heterocycles. The van der Waals surface area contributed by atoms with Crippen molar-refractivity contribution in [3.05, 3.63) is 71.8 Å². The van der Waals surface area contributed by atoms with E-state index in [1.54, 1.807) is 11.8 Å². The molecule has 0 N–H and O–H groups in total. The van der Waals surface area contributed by atoms with Crippen LogP contribution in [0.2, 0.25) is 19.6 Å². The highest BCUT2D eigenvalue weighted by atomic mass is 35.7. The average Bonchev–Trinajstić information content (AvgIpc) is 3.22. The molecule has 3 heterocycles. The van der Waals surface area contributed by atoms with Crippen molar-refractivity contribution in [3.63, 3.8) is 0 Å². The highest BCUT2D eigenvalue weighted by Gasteiger charge is 2.83. The molecule has 8 heteroatoms. The second-order valence-corrected chi connectivity index (χ2v) is 21.0. The number of morpholine rings is 1. The minimum Gasteiger partial charge on any atom is -0.379 e. The standard InChI is InChI=1S/C23H27ClNO2PS2Si/c1-31(2,3)22(19-12-8-5-9-13-19)23(25-14-16-27-17-15-25)29-20(26)21(30-23,28(22)24)18-10-6-4-7-11-18/h4-13H,14-17H2,1-3H3/t21-,22?,23+,28?/m0/s1. The van der Waals surface area contributed by atoms with Crippen LogP contribution in [-0.4, -0.2) is 48.6 Å². The third-order valence-corrected chi connectivity index (χ3v) is 21.8. The summed E-state index contributed by atoms with van der Waals surface area (Å²) in [6, 6.07) is 21.1. The van der Waals surface area contributed by atoms with Crippen molar-refractivity contribution >= 4 is 55.2 Å². The van der Waals surface area contributed by atoms with E-state index >= 15 is 0 Å². The van der Waals surface area contributed by atoms with Gasteiger partial charge in [0.1, 0.15) is 8.69 Å². The summed E-state index contributed by atoms with van der Waals surface area (Å²) in [6.07, 6.45) is 0. The second-order valence-electron chi connectivity index (χ2n) is 9.29. The topological polar surface area (TPSA) is 29.5 Å². The van der Waals surface area contributed by atoms with Gasteiger partial charge in [0.05, 0.1) is 26.1 Å². The smallest absolute Gasteiger partial charge is 0.217 e. The first kappa shape index (κ1) is 22.5. The number of carbonyl (C=O) groups is 1. The normalized spacial score (nSPS) is 36.1. The third-order valence-electron chi connectivity index (χ3n) is 6.69. The molecule has 2 aromatic carbocycles. The fraction of sp³-hybridized carbons (Fsp3) is 0.435. The average molecular weight is 508 g/mol. The lowest BCUT2D eigenvalue weighted by atomic mass is 10.1. The summed E-state index contributed by atoms with van der Waals surface area (Å²) in [5, 5.41) is 0.223. The minimum atomic E-state index is -1.98. The van der Waals surface area contributed by atoms with Gasteiger partial charge in [-0.2, -0.15) is 0 Å². The molecule has 0 aliphatic carbocycles. The fourth-order valence-corrected chi connectivity index (χ4v) is 24.8. The summed E-state index contributed by atoms with van der Waals surface area (Å²) in [5.41, 5.74) is 2.36. The van der Waals surface area contributed by atoms with Crippen molar-refractivity contribution in [2.45, 2.75) is 33.1 Å². The molecule has 0 spiro atoms. The minimum absolute atomic E-state index is 0.223. The molecule has 5 rings (SSSR count). The van der Waals surface area contributed by atoms with Crippen LogP contribution in [0.4, 0.5) is 0 Å². The maximum Gasteiger partial charge on any atom is 0.217 e. The van der Waals surface area contributed by atoms with E-state index in [0.717, 1.165) is 18.7 Å². The molecule has 2 unspecified atom stereocenters. The molecule has 3 aliphatic rings.